The van der Waals surface area contributed by atoms with Gasteiger partial charge in [0, 0.05) is 6.42 Å². The zero-order valence-electron chi connectivity index (χ0n) is 18.3. The minimum atomic E-state index is -4.28. The summed E-state index contributed by atoms with van der Waals surface area (Å²) in [6.45, 7) is 2.72. The van der Waals surface area contributed by atoms with Gasteiger partial charge in [0.15, 0.2) is 0 Å². The molecule has 0 aromatic carbocycles. The molecule has 0 fully saturated rings. The Bertz CT molecular complexity index is 501. The molecule has 0 spiro atoms. The molecule has 0 heterocycles. The van der Waals surface area contributed by atoms with Gasteiger partial charge in [-0.2, -0.15) is 8.42 Å². The molecule has 0 aliphatic carbocycles. The molecule has 0 atom stereocenters. The summed E-state index contributed by atoms with van der Waals surface area (Å²) < 4.78 is 38.6. The Morgan fingerprint density at radius 3 is 1.83 bits per heavy atom. The van der Waals surface area contributed by atoms with Crippen molar-refractivity contribution in [2.45, 2.75) is 110 Å². The van der Waals surface area contributed by atoms with Crippen LogP contribution in [0.5, 0.6) is 0 Å². The Hall–Kier alpha value is -0.920. The molecule has 0 aromatic heterocycles. The van der Waals surface area contributed by atoms with Gasteiger partial charge in [-0.1, -0.05) is 70.4 Å². The molecule has 0 radical (unpaired) electrons. The molecule has 29 heavy (non-hydrogen) atoms. The van der Waals surface area contributed by atoms with Gasteiger partial charge >= 0.3 is 16.4 Å². The summed E-state index contributed by atoms with van der Waals surface area (Å²) in [4.78, 5) is 11.4. The maximum atomic E-state index is 11.4. The van der Waals surface area contributed by atoms with E-state index in [1.807, 2.05) is 0 Å². The molecule has 0 saturated heterocycles. The average molecular weight is 435 g/mol. The third kappa shape index (κ3) is 25.0. The number of unbranched alkanes of at least 4 members (excludes halogenated alkanes) is 12. The Morgan fingerprint density at radius 1 is 0.759 bits per heavy atom. The minimum absolute atomic E-state index is 0.0486. The van der Waals surface area contributed by atoms with Gasteiger partial charge in [0.05, 0.1) is 13.2 Å². The van der Waals surface area contributed by atoms with Crippen LogP contribution in [0.4, 0.5) is 0 Å². The first-order valence-corrected chi connectivity index (χ1v) is 12.7. The number of ether oxygens (including phenoxy) is 1. The number of hydrogen-bond acceptors (Lipinski definition) is 5. The van der Waals surface area contributed by atoms with Gasteiger partial charge in [0.2, 0.25) is 0 Å². The number of allylic oxidation sites excluding steroid dienone is 2. The van der Waals surface area contributed by atoms with Crippen molar-refractivity contribution < 1.29 is 26.7 Å². The van der Waals surface area contributed by atoms with Crippen LogP contribution in [0, 0.1) is 0 Å². The van der Waals surface area contributed by atoms with Crippen LogP contribution in [-0.2, 0) is 24.1 Å². The lowest BCUT2D eigenvalue weighted by Crippen LogP contribution is -2.05. The smallest absolute Gasteiger partial charge is 0.397 e. The van der Waals surface area contributed by atoms with E-state index in [9.17, 15) is 13.2 Å². The van der Waals surface area contributed by atoms with E-state index in [4.69, 9.17) is 9.29 Å². The van der Waals surface area contributed by atoms with Crippen LogP contribution >= 0.6 is 0 Å². The summed E-state index contributed by atoms with van der Waals surface area (Å²) in [5.74, 6) is -0.0486. The second kappa shape index (κ2) is 20.4. The summed E-state index contributed by atoms with van der Waals surface area (Å²) in [6, 6.07) is 0. The van der Waals surface area contributed by atoms with Crippen molar-refractivity contribution in [2.24, 2.45) is 0 Å². The van der Waals surface area contributed by atoms with Gasteiger partial charge in [0.1, 0.15) is 0 Å². The van der Waals surface area contributed by atoms with Crippen molar-refractivity contribution in [3.63, 3.8) is 0 Å². The highest BCUT2D eigenvalue weighted by atomic mass is 32.3. The standard InChI is InChI=1S/C22H42O6S/c1-2-3-20-27-22(23)19-17-15-13-11-9-7-5-4-6-8-10-12-14-16-18-21-28-29(24,25)26/h4-5H,2-3,6-21H2,1H3,(H,24,25,26). The van der Waals surface area contributed by atoms with E-state index in [-0.39, 0.29) is 12.6 Å². The summed E-state index contributed by atoms with van der Waals surface area (Å²) in [7, 11) is -4.28. The van der Waals surface area contributed by atoms with E-state index in [0.717, 1.165) is 57.8 Å². The molecule has 0 rings (SSSR count). The fourth-order valence-corrected chi connectivity index (χ4v) is 3.26. The molecule has 172 valence electrons. The van der Waals surface area contributed by atoms with Crippen molar-refractivity contribution in [3.8, 4) is 0 Å². The second-order valence-electron chi connectivity index (χ2n) is 7.51. The van der Waals surface area contributed by atoms with Crippen LogP contribution in [0.3, 0.4) is 0 Å². The molecule has 7 heteroatoms. The largest absolute Gasteiger partial charge is 0.466 e. The van der Waals surface area contributed by atoms with Crippen LogP contribution in [0.1, 0.15) is 110 Å². The van der Waals surface area contributed by atoms with Crippen molar-refractivity contribution in [1.29, 1.82) is 0 Å². The van der Waals surface area contributed by atoms with Gasteiger partial charge < -0.3 is 4.74 Å². The molecule has 0 aromatic rings. The highest BCUT2D eigenvalue weighted by Crippen LogP contribution is 2.10. The topological polar surface area (TPSA) is 89.9 Å². The first-order chi connectivity index (χ1) is 14.0. The van der Waals surface area contributed by atoms with Crippen molar-refractivity contribution in [1.82, 2.24) is 0 Å². The van der Waals surface area contributed by atoms with E-state index in [1.54, 1.807) is 0 Å². The predicted octanol–water partition coefficient (Wildman–Crippen LogP) is 6.17. The molecule has 0 unspecified atom stereocenters. The van der Waals surface area contributed by atoms with Gasteiger partial charge in [-0.3, -0.25) is 9.35 Å². The predicted molar refractivity (Wildman–Crippen MR) is 117 cm³/mol. The first kappa shape index (κ1) is 28.1. The number of hydrogen-bond donors (Lipinski definition) is 1. The number of carbonyl (C=O) groups excluding carboxylic acids is 1. The monoisotopic (exact) mass is 434 g/mol. The molecule has 0 saturated carbocycles. The van der Waals surface area contributed by atoms with Crippen LogP contribution < -0.4 is 0 Å². The molecule has 0 aliphatic rings. The zero-order valence-corrected chi connectivity index (χ0v) is 19.1. The third-order valence-corrected chi connectivity index (χ3v) is 5.14. The Labute approximate surface area is 178 Å². The maximum Gasteiger partial charge on any atom is 0.397 e. The van der Waals surface area contributed by atoms with Crippen molar-refractivity contribution in [3.05, 3.63) is 12.2 Å². The lowest BCUT2D eigenvalue weighted by molar-refractivity contribution is -0.143. The molecule has 0 aliphatic heterocycles. The highest BCUT2D eigenvalue weighted by Gasteiger charge is 2.03. The average Bonchev–Trinajstić information content (AvgIpc) is 2.66. The highest BCUT2D eigenvalue weighted by molar-refractivity contribution is 7.80. The maximum absolute atomic E-state index is 11.4. The minimum Gasteiger partial charge on any atom is -0.466 e. The lowest BCUT2D eigenvalue weighted by Gasteiger charge is -2.03. The van der Waals surface area contributed by atoms with E-state index < -0.39 is 10.4 Å². The summed E-state index contributed by atoms with van der Waals surface area (Å²) in [6.07, 6.45) is 21.2. The Kier molecular flexibility index (Phi) is 19.7. The molecular formula is C22H42O6S. The normalized spacial score (nSPS) is 11.9. The fraction of sp³-hybridized carbons (Fsp3) is 0.864. The second-order valence-corrected chi connectivity index (χ2v) is 8.60. The van der Waals surface area contributed by atoms with Gasteiger partial charge in [-0.05, 0) is 44.9 Å². The number of esters is 1. The molecule has 1 N–H and O–H groups in total. The molecule has 6 nitrogen and oxygen atoms in total. The first-order valence-electron chi connectivity index (χ1n) is 11.4. The van der Waals surface area contributed by atoms with Gasteiger partial charge in [-0.15, -0.1) is 0 Å². The van der Waals surface area contributed by atoms with Crippen molar-refractivity contribution in [2.75, 3.05) is 13.2 Å². The third-order valence-electron chi connectivity index (χ3n) is 4.68. The van der Waals surface area contributed by atoms with Crippen LogP contribution in [0.2, 0.25) is 0 Å². The number of carbonyl (C=O) groups is 1. The fourth-order valence-electron chi connectivity index (χ4n) is 2.94. The van der Waals surface area contributed by atoms with Crippen molar-refractivity contribution >= 4 is 16.4 Å². The van der Waals surface area contributed by atoms with E-state index >= 15 is 0 Å². The SMILES string of the molecule is CCCCOC(=O)CCCCCCCC=CCCCCCCCCOS(=O)(=O)O. The quantitative estimate of drug-likeness (QED) is 0.101. The van der Waals surface area contributed by atoms with Crippen LogP contribution in [-0.4, -0.2) is 32.2 Å². The summed E-state index contributed by atoms with van der Waals surface area (Å²) >= 11 is 0. The zero-order chi connectivity index (χ0) is 21.6. The van der Waals surface area contributed by atoms with Crippen LogP contribution in [0.15, 0.2) is 12.2 Å². The molecule has 0 bridgehead atoms. The van der Waals surface area contributed by atoms with Gasteiger partial charge in [-0.25, -0.2) is 4.18 Å². The lowest BCUT2D eigenvalue weighted by atomic mass is 10.1. The number of rotatable bonds is 21. The summed E-state index contributed by atoms with van der Waals surface area (Å²) in [5.41, 5.74) is 0. The molecule has 0 amide bonds. The Balaban J connectivity index is 3.22. The van der Waals surface area contributed by atoms with Crippen LogP contribution in [0.25, 0.3) is 0 Å². The molecular weight excluding hydrogens is 392 g/mol. The van der Waals surface area contributed by atoms with E-state index in [1.165, 1.54) is 32.1 Å². The van der Waals surface area contributed by atoms with E-state index in [2.05, 4.69) is 23.3 Å². The Morgan fingerprint density at radius 2 is 1.28 bits per heavy atom. The van der Waals surface area contributed by atoms with Gasteiger partial charge in [0.25, 0.3) is 0 Å². The van der Waals surface area contributed by atoms with E-state index in [0.29, 0.717) is 19.4 Å². The summed E-state index contributed by atoms with van der Waals surface area (Å²) in [5, 5.41) is 0.